The Bertz CT molecular complexity index is 3080. The first-order valence-corrected chi connectivity index (χ1v) is 19.1. The Balaban J connectivity index is 1.09. The van der Waals surface area contributed by atoms with Crippen LogP contribution in [0, 0.1) is 12.7 Å². The average molecular weight is 735 g/mol. The molecule has 0 N–H and O–H groups in total. The first kappa shape index (κ1) is 34.1. The van der Waals surface area contributed by atoms with Crippen molar-refractivity contribution in [2.75, 3.05) is 0 Å². The van der Waals surface area contributed by atoms with E-state index in [-0.39, 0.29) is 5.82 Å². The van der Waals surface area contributed by atoms with Crippen LogP contribution in [0.2, 0.25) is 0 Å². The highest BCUT2D eigenvalue weighted by Crippen LogP contribution is 2.43. The molecule has 3 nitrogen and oxygen atoms in total. The normalized spacial score (nSPS) is 11.3. The number of aromatic nitrogens is 2. The smallest absolute Gasteiger partial charge is 0.136 e. The Morgan fingerprint density at radius 2 is 0.947 bits per heavy atom. The van der Waals surface area contributed by atoms with Gasteiger partial charge in [-0.25, -0.2) is 4.39 Å². The van der Waals surface area contributed by atoms with Crippen molar-refractivity contribution >= 4 is 21.9 Å². The van der Waals surface area contributed by atoms with Gasteiger partial charge in [-0.3, -0.25) is 9.97 Å². The summed E-state index contributed by atoms with van der Waals surface area (Å²) in [5.41, 5.74) is 17.4. The van der Waals surface area contributed by atoms with Gasteiger partial charge in [0, 0.05) is 45.4 Å². The predicted octanol–water partition coefficient (Wildman–Crippen LogP) is 14.5. The van der Waals surface area contributed by atoms with Crippen LogP contribution in [0.3, 0.4) is 0 Å². The highest BCUT2D eigenvalue weighted by atomic mass is 19.1. The molecule has 3 aromatic heterocycles. The number of aryl methyl sites for hydroxylation is 1. The highest BCUT2D eigenvalue weighted by Gasteiger charge is 2.18. The van der Waals surface area contributed by atoms with Gasteiger partial charge in [0.25, 0.3) is 0 Å². The van der Waals surface area contributed by atoms with Crippen molar-refractivity contribution < 1.29 is 8.81 Å². The third-order valence-electron chi connectivity index (χ3n) is 10.7. The van der Waals surface area contributed by atoms with Gasteiger partial charge in [0.15, 0.2) is 0 Å². The molecule has 0 saturated heterocycles. The number of fused-ring (bicyclic) bond motifs is 3. The summed E-state index contributed by atoms with van der Waals surface area (Å²) < 4.78 is 20.0. The fourth-order valence-corrected chi connectivity index (χ4v) is 7.96. The molecule has 0 atom stereocenters. The summed E-state index contributed by atoms with van der Waals surface area (Å²) in [5, 5.41) is 2.21. The van der Waals surface area contributed by atoms with Gasteiger partial charge in [-0.1, -0.05) is 121 Å². The zero-order valence-corrected chi connectivity index (χ0v) is 31.2. The lowest BCUT2D eigenvalue weighted by Gasteiger charge is -2.17. The van der Waals surface area contributed by atoms with Crippen molar-refractivity contribution in [2.45, 2.75) is 6.92 Å². The summed E-state index contributed by atoms with van der Waals surface area (Å²) in [6, 6.07) is 61.7. The number of furan rings is 1. The van der Waals surface area contributed by atoms with Crippen LogP contribution in [-0.2, 0) is 0 Å². The zero-order chi connectivity index (χ0) is 38.3. The largest absolute Gasteiger partial charge is 0.456 e. The predicted molar refractivity (Wildman–Crippen MR) is 232 cm³/mol. The van der Waals surface area contributed by atoms with Crippen molar-refractivity contribution in [1.29, 1.82) is 0 Å². The van der Waals surface area contributed by atoms with Crippen molar-refractivity contribution in [2.24, 2.45) is 0 Å². The second kappa shape index (κ2) is 14.3. The monoisotopic (exact) mass is 734 g/mol. The van der Waals surface area contributed by atoms with E-state index in [1.807, 2.05) is 48.8 Å². The van der Waals surface area contributed by atoms with Crippen molar-refractivity contribution in [3.8, 4) is 78.1 Å². The molecule has 0 aliphatic heterocycles. The van der Waals surface area contributed by atoms with E-state index in [4.69, 9.17) is 14.4 Å². The van der Waals surface area contributed by atoms with Gasteiger partial charge in [-0.15, -0.1) is 0 Å². The number of para-hydroxylation sites is 1. The fourth-order valence-electron chi connectivity index (χ4n) is 7.96. The number of benzene rings is 7. The molecule has 0 unspecified atom stereocenters. The molecule has 10 aromatic rings. The molecule has 7 aromatic carbocycles. The molecule has 0 fully saturated rings. The number of hydrogen-bond donors (Lipinski definition) is 0. The van der Waals surface area contributed by atoms with Crippen LogP contribution in [0.1, 0.15) is 5.56 Å². The second-order valence-corrected chi connectivity index (χ2v) is 14.4. The first-order chi connectivity index (χ1) is 28.1. The van der Waals surface area contributed by atoms with Gasteiger partial charge in [0.2, 0.25) is 0 Å². The van der Waals surface area contributed by atoms with Crippen molar-refractivity contribution in [3.63, 3.8) is 0 Å². The van der Waals surface area contributed by atoms with E-state index in [0.29, 0.717) is 0 Å². The minimum atomic E-state index is -0.261. The summed E-state index contributed by atoms with van der Waals surface area (Å²) in [6.45, 7) is 2.15. The lowest BCUT2D eigenvalue weighted by molar-refractivity contribution is 0.628. The Kier molecular flexibility index (Phi) is 8.57. The van der Waals surface area contributed by atoms with Gasteiger partial charge < -0.3 is 4.42 Å². The quantitative estimate of drug-likeness (QED) is 0.164. The van der Waals surface area contributed by atoms with E-state index in [2.05, 4.69) is 128 Å². The lowest BCUT2D eigenvalue weighted by atomic mass is 9.87. The molecule has 0 aliphatic rings. The van der Waals surface area contributed by atoms with E-state index in [9.17, 15) is 4.39 Å². The van der Waals surface area contributed by atoms with Crippen LogP contribution in [0.25, 0.3) is 100 Å². The summed E-state index contributed by atoms with van der Waals surface area (Å²) in [7, 11) is 0. The summed E-state index contributed by atoms with van der Waals surface area (Å²) >= 11 is 0. The van der Waals surface area contributed by atoms with Crippen LogP contribution in [0.5, 0.6) is 0 Å². The molecular weight excluding hydrogens is 700 g/mol. The maximum atomic E-state index is 13.6. The highest BCUT2D eigenvalue weighted by molar-refractivity contribution is 6.06. The van der Waals surface area contributed by atoms with E-state index < -0.39 is 0 Å². The molecule has 0 spiro atoms. The standard InChI is InChI=1S/C53H35FN2O/c1-34-27-39(43-14-6-5-13-42(43)38-22-26-50(55-32-38)36-19-23-41(54)24-20-36)29-40(28-34)44-15-7-8-16-45(44)49-33-56-51(35-11-3-2-4-12-35)31-48(49)37-21-25-47-46-17-9-10-18-52(46)57-53(47)30-37/h2-33H,1H3. The van der Waals surface area contributed by atoms with E-state index in [1.54, 1.807) is 12.1 Å². The average Bonchev–Trinajstić information content (AvgIpc) is 3.65. The molecule has 10 rings (SSSR count). The summed E-state index contributed by atoms with van der Waals surface area (Å²) in [4.78, 5) is 9.82. The van der Waals surface area contributed by atoms with Gasteiger partial charge in [-0.2, -0.15) is 0 Å². The molecule has 0 radical (unpaired) electrons. The van der Waals surface area contributed by atoms with Crippen LogP contribution in [0.4, 0.5) is 4.39 Å². The molecule has 0 bridgehead atoms. The van der Waals surface area contributed by atoms with Gasteiger partial charge in [-0.05, 0) is 118 Å². The molecule has 3 heterocycles. The maximum Gasteiger partial charge on any atom is 0.136 e. The minimum Gasteiger partial charge on any atom is -0.456 e. The first-order valence-electron chi connectivity index (χ1n) is 19.1. The number of pyridine rings is 2. The minimum absolute atomic E-state index is 0.261. The van der Waals surface area contributed by atoms with Crippen molar-refractivity contribution in [3.05, 3.63) is 206 Å². The van der Waals surface area contributed by atoms with E-state index in [1.165, 1.54) is 12.1 Å². The molecule has 0 saturated carbocycles. The number of nitrogens with zero attached hydrogens (tertiary/aromatic N) is 2. The topological polar surface area (TPSA) is 38.9 Å². The Morgan fingerprint density at radius 1 is 0.368 bits per heavy atom. The molecule has 270 valence electrons. The van der Waals surface area contributed by atoms with E-state index >= 15 is 0 Å². The van der Waals surface area contributed by atoms with Gasteiger partial charge in [0.05, 0.1) is 11.4 Å². The number of rotatable bonds is 7. The van der Waals surface area contributed by atoms with Crippen LogP contribution in [-0.4, -0.2) is 9.97 Å². The fraction of sp³-hybridized carbons (Fsp3) is 0.0189. The molecule has 4 heteroatoms. The van der Waals surface area contributed by atoms with E-state index in [0.717, 1.165) is 106 Å². The molecule has 57 heavy (non-hydrogen) atoms. The second-order valence-electron chi connectivity index (χ2n) is 14.4. The maximum absolute atomic E-state index is 13.6. The van der Waals surface area contributed by atoms with Crippen LogP contribution >= 0.6 is 0 Å². The van der Waals surface area contributed by atoms with Gasteiger partial charge in [0.1, 0.15) is 17.0 Å². The third-order valence-corrected chi connectivity index (χ3v) is 10.7. The third kappa shape index (κ3) is 6.47. The summed E-state index contributed by atoms with van der Waals surface area (Å²) in [6.07, 6.45) is 3.92. The molecular formula is C53H35FN2O. The van der Waals surface area contributed by atoms with Crippen LogP contribution < -0.4 is 0 Å². The zero-order valence-electron chi connectivity index (χ0n) is 31.2. The van der Waals surface area contributed by atoms with Crippen LogP contribution in [0.15, 0.2) is 199 Å². The summed E-state index contributed by atoms with van der Waals surface area (Å²) in [5.74, 6) is -0.261. The molecule has 0 aliphatic carbocycles. The van der Waals surface area contributed by atoms with Crippen molar-refractivity contribution in [1.82, 2.24) is 9.97 Å². The Labute approximate surface area is 330 Å². The SMILES string of the molecule is Cc1cc(-c2ccccc2-c2ccc(-c3ccc(F)cc3)nc2)cc(-c2ccccc2-c2cnc(-c3ccccc3)cc2-c2ccc3c(c2)oc2ccccc23)c1. The van der Waals surface area contributed by atoms with Gasteiger partial charge >= 0.3 is 0 Å². The number of halogens is 1. The lowest BCUT2D eigenvalue weighted by Crippen LogP contribution is -1.94. The molecule has 0 amide bonds. The number of hydrogen-bond acceptors (Lipinski definition) is 3. The Hall–Kier alpha value is -7.43. The Morgan fingerprint density at radius 3 is 1.68 bits per heavy atom.